The van der Waals surface area contributed by atoms with Gasteiger partial charge < -0.3 is 5.32 Å². The monoisotopic (exact) mass is 288 g/mol. The fourth-order valence-corrected chi connectivity index (χ4v) is 3.50. The molecule has 2 N–H and O–H groups in total. The molecule has 0 bridgehead atoms. The largest absolute Gasteiger partial charge is 0.352 e. The van der Waals surface area contributed by atoms with Crippen LogP contribution in [-0.2, 0) is 21.2 Å². The van der Waals surface area contributed by atoms with Crippen molar-refractivity contribution < 1.29 is 13.2 Å². The van der Waals surface area contributed by atoms with Gasteiger partial charge in [0.25, 0.3) is 10.0 Å². The summed E-state index contributed by atoms with van der Waals surface area (Å²) in [5.74, 6) is -0.384. The standard InChI is InChI=1S/C11H16N2O3S2/c1-3-7-12-10(14)8-13-18(15,16)11-6-5-9(4-2)17-11/h3,5-6,13H,1,4,7-8H2,2H3,(H,12,14). The van der Waals surface area contributed by atoms with Crippen molar-refractivity contribution in [2.24, 2.45) is 0 Å². The van der Waals surface area contributed by atoms with Crippen LogP contribution in [0.4, 0.5) is 0 Å². The highest BCUT2D eigenvalue weighted by Gasteiger charge is 2.17. The molecule has 1 aromatic heterocycles. The topological polar surface area (TPSA) is 75.3 Å². The second-order valence-corrected chi connectivity index (χ2v) is 6.65. The summed E-state index contributed by atoms with van der Waals surface area (Å²) in [5, 5.41) is 2.49. The molecule has 7 heteroatoms. The number of nitrogens with one attached hydrogen (secondary N) is 2. The Labute approximate surface area is 111 Å². The van der Waals surface area contributed by atoms with Gasteiger partial charge in [0.1, 0.15) is 4.21 Å². The predicted molar refractivity (Wildman–Crippen MR) is 72.1 cm³/mol. The lowest BCUT2D eigenvalue weighted by Crippen LogP contribution is -2.36. The van der Waals surface area contributed by atoms with Crippen LogP contribution in [0.1, 0.15) is 11.8 Å². The van der Waals surface area contributed by atoms with Gasteiger partial charge in [-0.15, -0.1) is 17.9 Å². The molecule has 0 aliphatic heterocycles. The molecule has 1 amide bonds. The molecule has 0 radical (unpaired) electrons. The Morgan fingerprint density at radius 1 is 1.50 bits per heavy atom. The number of sulfonamides is 1. The second kappa shape index (κ2) is 6.67. The molecule has 0 aromatic carbocycles. The van der Waals surface area contributed by atoms with Crippen LogP contribution in [0.15, 0.2) is 29.0 Å². The zero-order valence-electron chi connectivity index (χ0n) is 10.1. The van der Waals surface area contributed by atoms with Gasteiger partial charge in [-0.2, -0.15) is 0 Å². The third kappa shape index (κ3) is 4.25. The van der Waals surface area contributed by atoms with Crippen LogP contribution < -0.4 is 10.0 Å². The molecule has 1 rings (SSSR count). The first-order valence-electron chi connectivity index (χ1n) is 5.45. The molecule has 0 unspecified atom stereocenters. The van der Waals surface area contributed by atoms with E-state index in [2.05, 4.69) is 16.6 Å². The molecule has 0 aliphatic carbocycles. The summed E-state index contributed by atoms with van der Waals surface area (Å²) in [7, 11) is -3.59. The van der Waals surface area contributed by atoms with Crippen molar-refractivity contribution in [3.8, 4) is 0 Å². The highest BCUT2D eigenvalue weighted by atomic mass is 32.2. The average Bonchev–Trinajstić information content (AvgIpc) is 2.83. The number of amides is 1. The first-order chi connectivity index (χ1) is 8.49. The Kier molecular flexibility index (Phi) is 5.52. The number of hydrogen-bond donors (Lipinski definition) is 2. The van der Waals surface area contributed by atoms with E-state index in [0.29, 0.717) is 6.54 Å². The number of thiophene rings is 1. The molecule has 5 nitrogen and oxygen atoms in total. The normalized spacial score (nSPS) is 11.2. The zero-order chi connectivity index (χ0) is 13.6. The number of carbonyl (C=O) groups excluding carboxylic acids is 1. The van der Waals surface area contributed by atoms with Gasteiger partial charge in [0.15, 0.2) is 0 Å². The molecule has 0 atom stereocenters. The van der Waals surface area contributed by atoms with E-state index in [-0.39, 0.29) is 16.7 Å². The lowest BCUT2D eigenvalue weighted by Gasteiger charge is -2.04. The maximum Gasteiger partial charge on any atom is 0.250 e. The third-order valence-electron chi connectivity index (χ3n) is 2.12. The molecule has 0 spiro atoms. The minimum atomic E-state index is -3.59. The van der Waals surface area contributed by atoms with Crippen LogP contribution in [0.3, 0.4) is 0 Å². The molecule has 100 valence electrons. The van der Waals surface area contributed by atoms with E-state index in [9.17, 15) is 13.2 Å². The van der Waals surface area contributed by atoms with Crippen molar-refractivity contribution in [1.82, 2.24) is 10.0 Å². The Hall–Kier alpha value is -1.18. The summed E-state index contributed by atoms with van der Waals surface area (Å²) in [5.41, 5.74) is 0. The van der Waals surface area contributed by atoms with E-state index in [4.69, 9.17) is 0 Å². The van der Waals surface area contributed by atoms with Crippen molar-refractivity contribution in [3.63, 3.8) is 0 Å². The molecule has 0 fully saturated rings. The molecular weight excluding hydrogens is 272 g/mol. The van der Waals surface area contributed by atoms with Crippen LogP contribution in [-0.4, -0.2) is 27.4 Å². The predicted octanol–water partition coefficient (Wildman–Crippen LogP) is 0.891. The van der Waals surface area contributed by atoms with E-state index >= 15 is 0 Å². The molecule has 1 heterocycles. The quantitative estimate of drug-likeness (QED) is 0.732. The highest BCUT2D eigenvalue weighted by molar-refractivity contribution is 7.91. The van der Waals surface area contributed by atoms with Gasteiger partial charge in [-0.25, -0.2) is 13.1 Å². The summed E-state index contributed by atoms with van der Waals surface area (Å²) >= 11 is 1.21. The van der Waals surface area contributed by atoms with Crippen LogP contribution in [0, 0.1) is 0 Å². The SMILES string of the molecule is C=CCNC(=O)CNS(=O)(=O)c1ccc(CC)s1. The van der Waals surface area contributed by atoms with Crippen molar-refractivity contribution in [2.75, 3.05) is 13.1 Å². The lowest BCUT2D eigenvalue weighted by atomic mass is 10.4. The van der Waals surface area contributed by atoms with E-state index in [1.165, 1.54) is 17.4 Å². The van der Waals surface area contributed by atoms with E-state index in [1.54, 1.807) is 12.1 Å². The molecule has 0 saturated carbocycles. The fraction of sp³-hybridized carbons (Fsp3) is 0.364. The van der Waals surface area contributed by atoms with Gasteiger partial charge in [-0.05, 0) is 18.6 Å². The van der Waals surface area contributed by atoms with Gasteiger partial charge in [0.2, 0.25) is 5.91 Å². The Morgan fingerprint density at radius 3 is 2.78 bits per heavy atom. The molecule has 0 saturated heterocycles. The minimum absolute atomic E-state index is 0.232. The van der Waals surface area contributed by atoms with Crippen molar-refractivity contribution in [3.05, 3.63) is 29.7 Å². The molecule has 18 heavy (non-hydrogen) atoms. The van der Waals surface area contributed by atoms with E-state index in [1.807, 2.05) is 6.92 Å². The van der Waals surface area contributed by atoms with Crippen LogP contribution in [0.25, 0.3) is 0 Å². The van der Waals surface area contributed by atoms with Gasteiger partial charge >= 0.3 is 0 Å². The summed E-state index contributed by atoms with van der Waals surface area (Å²) in [6.07, 6.45) is 2.32. The van der Waals surface area contributed by atoms with Crippen LogP contribution in [0.2, 0.25) is 0 Å². The second-order valence-electron chi connectivity index (χ2n) is 3.49. The number of carbonyl (C=O) groups is 1. The Bertz CT molecular complexity index is 520. The number of rotatable bonds is 7. The smallest absolute Gasteiger partial charge is 0.250 e. The van der Waals surface area contributed by atoms with Crippen LogP contribution >= 0.6 is 11.3 Å². The zero-order valence-corrected chi connectivity index (χ0v) is 11.7. The molecule has 0 aliphatic rings. The maximum atomic E-state index is 11.8. The van der Waals surface area contributed by atoms with Gasteiger partial charge in [0, 0.05) is 11.4 Å². The summed E-state index contributed by atoms with van der Waals surface area (Å²) in [4.78, 5) is 12.3. The summed E-state index contributed by atoms with van der Waals surface area (Å²) in [6.45, 7) is 5.46. The Balaban J connectivity index is 2.59. The first kappa shape index (κ1) is 14.9. The average molecular weight is 288 g/mol. The lowest BCUT2D eigenvalue weighted by molar-refractivity contribution is -0.119. The fourth-order valence-electron chi connectivity index (χ4n) is 1.17. The van der Waals surface area contributed by atoms with E-state index in [0.717, 1.165) is 11.3 Å². The van der Waals surface area contributed by atoms with Crippen LogP contribution in [0.5, 0.6) is 0 Å². The van der Waals surface area contributed by atoms with Crippen molar-refractivity contribution in [1.29, 1.82) is 0 Å². The molecule has 1 aromatic rings. The maximum absolute atomic E-state index is 11.8. The minimum Gasteiger partial charge on any atom is -0.352 e. The van der Waals surface area contributed by atoms with Gasteiger partial charge in [-0.3, -0.25) is 4.79 Å². The van der Waals surface area contributed by atoms with Gasteiger partial charge in [0.05, 0.1) is 6.54 Å². The third-order valence-corrected chi connectivity index (χ3v) is 5.24. The molecular formula is C11H16N2O3S2. The summed E-state index contributed by atoms with van der Waals surface area (Å²) in [6, 6.07) is 3.32. The van der Waals surface area contributed by atoms with Crippen molar-refractivity contribution >= 4 is 27.3 Å². The summed E-state index contributed by atoms with van der Waals surface area (Å²) < 4.78 is 26.2. The van der Waals surface area contributed by atoms with E-state index < -0.39 is 10.0 Å². The number of hydrogen-bond acceptors (Lipinski definition) is 4. The first-order valence-corrected chi connectivity index (χ1v) is 7.75. The Morgan fingerprint density at radius 2 is 2.22 bits per heavy atom. The van der Waals surface area contributed by atoms with Gasteiger partial charge in [-0.1, -0.05) is 13.0 Å². The highest BCUT2D eigenvalue weighted by Crippen LogP contribution is 2.21. The van der Waals surface area contributed by atoms with Crippen molar-refractivity contribution in [2.45, 2.75) is 17.6 Å². The number of aryl methyl sites for hydroxylation is 1.